The van der Waals surface area contributed by atoms with Gasteiger partial charge in [0.25, 0.3) is 0 Å². The van der Waals surface area contributed by atoms with E-state index in [1.165, 1.54) is 0 Å². The topological polar surface area (TPSA) is 79.4 Å². The zero-order valence-corrected chi connectivity index (χ0v) is 12.6. The minimum absolute atomic E-state index is 0.0621. The lowest BCUT2D eigenvalue weighted by Gasteiger charge is -2.29. The lowest BCUT2D eigenvalue weighted by molar-refractivity contribution is -0.135. The molecule has 1 amide bonds. The summed E-state index contributed by atoms with van der Waals surface area (Å²) in [6.45, 7) is 7.28. The minimum Gasteiger partial charge on any atom is -0.378 e. The molecule has 1 aromatic heterocycles. The van der Waals surface area contributed by atoms with Gasteiger partial charge >= 0.3 is 0 Å². The second-order valence-electron chi connectivity index (χ2n) is 5.02. The standard InChI is InChI=1S/C14H23N5O2/c1-3-4-16-12-9-15-10-13(18-12)17-11(2)14(20)19-5-7-21-8-6-19/h9-11H,3-8H2,1-2H3,(H2,16,17,18). The van der Waals surface area contributed by atoms with Crippen LogP contribution in [0.25, 0.3) is 0 Å². The molecule has 0 saturated carbocycles. The van der Waals surface area contributed by atoms with Gasteiger partial charge in [-0.15, -0.1) is 0 Å². The van der Waals surface area contributed by atoms with Gasteiger partial charge in [-0.05, 0) is 13.3 Å². The number of carbonyl (C=O) groups excluding carboxylic acids is 1. The minimum atomic E-state index is -0.334. The Morgan fingerprint density at radius 1 is 1.38 bits per heavy atom. The summed E-state index contributed by atoms with van der Waals surface area (Å²) in [5, 5.41) is 6.29. The van der Waals surface area contributed by atoms with Gasteiger partial charge in [0.15, 0.2) is 0 Å². The molecule has 116 valence electrons. The molecule has 7 heteroatoms. The number of anilines is 2. The maximum atomic E-state index is 12.3. The Bertz CT molecular complexity index is 462. The Hall–Kier alpha value is -1.89. The molecule has 0 spiro atoms. The second-order valence-corrected chi connectivity index (χ2v) is 5.02. The van der Waals surface area contributed by atoms with Crippen molar-refractivity contribution in [2.75, 3.05) is 43.5 Å². The van der Waals surface area contributed by atoms with Gasteiger partial charge in [0.05, 0.1) is 25.6 Å². The van der Waals surface area contributed by atoms with E-state index in [9.17, 15) is 4.79 Å². The number of hydrogen-bond donors (Lipinski definition) is 2. The molecule has 1 fully saturated rings. The zero-order chi connectivity index (χ0) is 15.1. The quantitative estimate of drug-likeness (QED) is 0.813. The predicted molar refractivity (Wildman–Crippen MR) is 81.3 cm³/mol. The maximum Gasteiger partial charge on any atom is 0.244 e. The number of aromatic nitrogens is 2. The third-order valence-electron chi connectivity index (χ3n) is 3.25. The summed E-state index contributed by atoms with van der Waals surface area (Å²) in [5.74, 6) is 1.38. The summed E-state index contributed by atoms with van der Waals surface area (Å²) < 4.78 is 5.26. The number of nitrogens with one attached hydrogen (secondary N) is 2. The van der Waals surface area contributed by atoms with Gasteiger partial charge in [-0.3, -0.25) is 9.78 Å². The molecular weight excluding hydrogens is 270 g/mol. The Kier molecular flexibility index (Phi) is 5.74. The summed E-state index contributed by atoms with van der Waals surface area (Å²) in [7, 11) is 0. The van der Waals surface area contributed by atoms with Gasteiger partial charge in [-0.25, -0.2) is 4.98 Å². The van der Waals surface area contributed by atoms with Crippen molar-refractivity contribution >= 4 is 17.5 Å². The Balaban J connectivity index is 1.91. The molecule has 21 heavy (non-hydrogen) atoms. The first-order chi connectivity index (χ1) is 10.2. The SMILES string of the molecule is CCCNc1cncc(NC(C)C(=O)N2CCOCC2)n1. The van der Waals surface area contributed by atoms with Crippen molar-refractivity contribution in [2.45, 2.75) is 26.3 Å². The monoisotopic (exact) mass is 293 g/mol. The Labute approximate surface area is 125 Å². The number of ether oxygens (including phenoxy) is 1. The molecule has 0 aliphatic carbocycles. The van der Waals surface area contributed by atoms with Crippen LogP contribution in [0.5, 0.6) is 0 Å². The predicted octanol–water partition coefficient (Wildman–Crippen LogP) is 0.958. The van der Waals surface area contributed by atoms with Crippen LogP contribution in [0.2, 0.25) is 0 Å². The molecule has 1 aromatic rings. The molecule has 0 radical (unpaired) electrons. The van der Waals surface area contributed by atoms with E-state index in [0.29, 0.717) is 37.9 Å². The fraction of sp³-hybridized carbons (Fsp3) is 0.643. The first-order valence-corrected chi connectivity index (χ1v) is 7.39. The van der Waals surface area contributed by atoms with Crippen LogP contribution < -0.4 is 10.6 Å². The molecule has 2 N–H and O–H groups in total. The van der Waals surface area contributed by atoms with Crippen LogP contribution in [0.3, 0.4) is 0 Å². The molecule has 2 heterocycles. The number of nitrogens with zero attached hydrogens (tertiary/aromatic N) is 3. The van der Waals surface area contributed by atoms with Crippen LogP contribution in [-0.4, -0.2) is 59.7 Å². The number of rotatable bonds is 6. The molecule has 7 nitrogen and oxygen atoms in total. The molecule has 2 rings (SSSR count). The average molecular weight is 293 g/mol. The van der Waals surface area contributed by atoms with Crippen molar-refractivity contribution in [2.24, 2.45) is 0 Å². The second kappa shape index (κ2) is 7.78. The molecule has 1 aliphatic heterocycles. The average Bonchev–Trinajstić information content (AvgIpc) is 2.53. The number of amides is 1. The summed E-state index contributed by atoms with van der Waals surface area (Å²) in [6.07, 6.45) is 4.32. The van der Waals surface area contributed by atoms with Crippen LogP contribution in [0.4, 0.5) is 11.6 Å². The summed E-state index contributed by atoms with van der Waals surface area (Å²) in [6, 6.07) is -0.334. The number of carbonyl (C=O) groups is 1. The van der Waals surface area contributed by atoms with Crippen molar-refractivity contribution < 1.29 is 9.53 Å². The van der Waals surface area contributed by atoms with E-state index in [1.807, 2.05) is 11.8 Å². The van der Waals surface area contributed by atoms with Crippen LogP contribution in [0.15, 0.2) is 12.4 Å². The van der Waals surface area contributed by atoms with E-state index in [4.69, 9.17) is 4.74 Å². The van der Waals surface area contributed by atoms with Gasteiger partial charge in [-0.2, -0.15) is 0 Å². The number of morpholine rings is 1. The molecule has 1 atom stereocenters. The van der Waals surface area contributed by atoms with E-state index < -0.39 is 0 Å². The molecule has 1 saturated heterocycles. The maximum absolute atomic E-state index is 12.3. The largest absolute Gasteiger partial charge is 0.378 e. The number of hydrogen-bond acceptors (Lipinski definition) is 6. The van der Waals surface area contributed by atoms with Crippen molar-refractivity contribution in [3.05, 3.63) is 12.4 Å². The molecular formula is C14H23N5O2. The van der Waals surface area contributed by atoms with Gasteiger partial charge in [0.2, 0.25) is 5.91 Å². The highest BCUT2D eigenvalue weighted by Gasteiger charge is 2.22. The summed E-state index contributed by atoms with van der Waals surface area (Å²) in [5.41, 5.74) is 0. The summed E-state index contributed by atoms with van der Waals surface area (Å²) >= 11 is 0. The molecule has 1 unspecified atom stereocenters. The van der Waals surface area contributed by atoms with Gasteiger partial charge in [0.1, 0.15) is 17.7 Å². The van der Waals surface area contributed by atoms with Crippen LogP contribution in [0.1, 0.15) is 20.3 Å². The van der Waals surface area contributed by atoms with Gasteiger partial charge < -0.3 is 20.3 Å². The van der Waals surface area contributed by atoms with E-state index in [1.54, 1.807) is 12.4 Å². The fourth-order valence-electron chi connectivity index (χ4n) is 2.11. The van der Waals surface area contributed by atoms with Crippen molar-refractivity contribution in [3.8, 4) is 0 Å². The zero-order valence-electron chi connectivity index (χ0n) is 12.6. The smallest absolute Gasteiger partial charge is 0.244 e. The normalized spacial score (nSPS) is 16.4. The van der Waals surface area contributed by atoms with Crippen LogP contribution in [-0.2, 0) is 9.53 Å². The third-order valence-corrected chi connectivity index (χ3v) is 3.25. The van der Waals surface area contributed by atoms with E-state index >= 15 is 0 Å². The lowest BCUT2D eigenvalue weighted by Crippen LogP contribution is -2.47. The molecule has 0 bridgehead atoms. The third kappa shape index (κ3) is 4.56. The summed E-state index contributed by atoms with van der Waals surface area (Å²) in [4.78, 5) is 22.6. The highest BCUT2D eigenvalue weighted by molar-refractivity contribution is 5.84. The van der Waals surface area contributed by atoms with Crippen LogP contribution >= 0.6 is 0 Å². The molecule has 0 aromatic carbocycles. The van der Waals surface area contributed by atoms with Gasteiger partial charge in [-0.1, -0.05) is 6.92 Å². The first kappa shape index (κ1) is 15.5. The fourth-order valence-corrected chi connectivity index (χ4v) is 2.11. The highest BCUT2D eigenvalue weighted by atomic mass is 16.5. The van der Waals surface area contributed by atoms with Crippen molar-refractivity contribution in [1.29, 1.82) is 0 Å². The molecule has 1 aliphatic rings. The lowest BCUT2D eigenvalue weighted by atomic mass is 10.2. The van der Waals surface area contributed by atoms with E-state index in [2.05, 4.69) is 27.5 Å². The first-order valence-electron chi connectivity index (χ1n) is 7.39. The Morgan fingerprint density at radius 3 is 2.81 bits per heavy atom. The Morgan fingerprint density at radius 2 is 2.10 bits per heavy atom. The van der Waals surface area contributed by atoms with Crippen molar-refractivity contribution in [1.82, 2.24) is 14.9 Å². The van der Waals surface area contributed by atoms with Gasteiger partial charge in [0, 0.05) is 19.6 Å². The van der Waals surface area contributed by atoms with E-state index in [-0.39, 0.29) is 11.9 Å². The highest BCUT2D eigenvalue weighted by Crippen LogP contribution is 2.10. The van der Waals surface area contributed by atoms with E-state index in [0.717, 1.165) is 13.0 Å². The van der Waals surface area contributed by atoms with Crippen molar-refractivity contribution in [3.63, 3.8) is 0 Å². The van der Waals surface area contributed by atoms with Crippen LogP contribution in [0, 0.1) is 0 Å².